The molecule has 0 saturated carbocycles. The van der Waals surface area contributed by atoms with Crippen LogP contribution in [-0.4, -0.2) is 36.1 Å². The number of carbonyl (C=O) groups is 2. The van der Waals surface area contributed by atoms with Crippen LogP contribution in [0.3, 0.4) is 0 Å². The third-order valence-electron chi connectivity index (χ3n) is 7.03. The number of carbonyl (C=O) groups excluding carboxylic acids is 2. The van der Waals surface area contributed by atoms with Gasteiger partial charge in [0.25, 0.3) is 5.91 Å². The third-order valence-corrected chi connectivity index (χ3v) is 7.52. The van der Waals surface area contributed by atoms with Crippen molar-refractivity contribution in [1.29, 1.82) is 0 Å². The number of aromatic nitrogens is 1. The molecule has 2 atom stereocenters. The second-order valence-corrected chi connectivity index (χ2v) is 11.1. The number of esters is 1. The number of ether oxygens (including phenoxy) is 2. The summed E-state index contributed by atoms with van der Waals surface area (Å²) in [4.78, 5) is 31.0. The van der Waals surface area contributed by atoms with E-state index in [4.69, 9.17) is 9.72 Å². The van der Waals surface area contributed by atoms with Crippen LogP contribution in [0.25, 0.3) is 22.2 Å². The molecule has 2 unspecified atom stereocenters. The highest BCUT2D eigenvalue weighted by Crippen LogP contribution is 2.35. The molecule has 0 aliphatic rings. The van der Waals surface area contributed by atoms with Crippen molar-refractivity contribution in [2.75, 3.05) is 6.54 Å². The van der Waals surface area contributed by atoms with Crippen molar-refractivity contribution in [3.8, 4) is 17.0 Å². The number of pyridine rings is 1. The maximum absolute atomic E-state index is 13.9. The Morgan fingerprint density at radius 1 is 1.00 bits per heavy atom. The molecule has 1 amide bonds. The molecular weight excluding hydrogens is 644 g/mol. The Morgan fingerprint density at radius 3 is 2.41 bits per heavy atom. The van der Waals surface area contributed by atoms with Gasteiger partial charge in [-0.3, -0.25) is 9.59 Å². The van der Waals surface area contributed by atoms with Gasteiger partial charge >= 0.3 is 12.3 Å². The summed E-state index contributed by atoms with van der Waals surface area (Å²) in [6.45, 7) is 3.39. The summed E-state index contributed by atoms with van der Waals surface area (Å²) < 4.78 is 63.4. The molecule has 1 heterocycles. The molecule has 44 heavy (non-hydrogen) atoms. The van der Waals surface area contributed by atoms with Gasteiger partial charge in [0.2, 0.25) is 6.36 Å². The minimum absolute atomic E-state index is 0.0346. The van der Waals surface area contributed by atoms with E-state index in [1.165, 1.54) is 24.3 Å². The quantitative estimate of drug-likeness (QED) is 0.120. The molecule has 0 bridgehead atoms. The van der Waals surface area contributed by atoms with Crippen LogP contribution in [0.4, 0.5) is 17.6 Å². The number of para-hydroxylation sites is 1. The van der Waals surface area contributed by atoms with Gasteiger partial charge in [0.1, 0.15) is 5.75 Å². The van der Waals surface area contributed by atoms with Crippen molar-refractivity contribution in [1.82, 2.24) is 10.3 Å². The predicted octanol–water partition coefficient (Wildman–Crippen LogP) is 8.80. The number of benzene rings is 3. The molecule has 0 saturated heterocycles. The highest BCUT2D eigenvalue weighted by atomic mass is 79.9. The Balaban J connectivity index is 1.67. The van der Waals surface area contributed by atoms with E-state index in [2.05, 4.69) is 26.0 Å². The molecule has 1 aromatic heterocycles. The second kappa shape index (κ2) is 14.7. The van der Waals surface area contributed by atoms with E-state index in [0.29, 0.717) is 34.1 Å². The fourth-order valence-corrected chi connectivity index (χ4v) is 5.35. The van der Waals surface area contributed by atoms with E-state index >= 15 is 0 Å². The Kier molecular flexibility index (Phi) is 11.0. The molecule has 0 fully saturated rings. The van der Waals surface area contributed by atoms with Crippen LogP contribution in [-0.2, 0) is 9.53 Å². The normalized spacial score (nSPS) is 12.9. The van der Waals surface area contributed by atoms with Gasteiger partial charge in [0.05, 0.1) is 16.8 Å². The summed E-state index contributed by atoms with van der Waals surface area (Å²) in [6.07, 6.45) is -6.54. The summed E-state index contributed by atoms with van der Waals surface area (Å²) in [5.74, 6) is -2.56. The number of nitrogens with one attached hydrogen (secondary N) is 1. The third kappa shape index (κ3) is 8.56. The zero-order valence-electron chi connectivity index (χ0n) is 24.1. The zero-order chi connectivity index (χ0) is 31.9. The lowest BCUT2D eigenvalue weighted by molar-refractivity contribution is -0.275. The summed E-state index contributed by atoms with van der Waals surface area (Å²) >= 11 is 3.45. The number of fused-ring (bicyclic) bond motifs is 1. The summed E-state index contributed by atoms with van der Waals surface area (Å²) in [7, 11) is 0. The average molecular weight is 676 g/mol. The van der Waals surface area contributed by atoms with Crippen LogP contribution < -0.4 is 10.1 Å². The number of hydrogen-bond acceptors (Lipinski definition) is 5. The van der Waals surface area contributed by atoms with Gasteiger partial charge in [0.15, 0.2) is 0 Å². The Bertz CT molecular complexity index is 1620. The molecule has 0 aliphatic carbocycles. The lowest BCUT2D eigenvalue weighted by Gasteiger charge is -2.22. The smallest absolute Gasteiger partial charge is 0.431 e. The van der Waals surface area contributed by atoms with E-state index in [1.807, 2.05) is 36.4 Å². The first-order chi connectivity index (χ1) is 21.0. The average Bonchev–Trinajstić information content (AvgIpc) is 2.97. The van der Waals surface area contributed by atoms with Crippen LogP contribution in [0, 0.1) is 6.92 Å². The minimum atomic E-state index is -4.96. The van der Waals surface area contributed by atoms with Crippen molar-refractivity contribution in [3.63, 3.8) is 0 Å². The van der Waals surface area contributed by atoms with Crippen molar-refractivity contribution >= 4 is 38.7 Å². The maximum atomic E-state index is 13.9. The first kappa shape index (κ1) is 32.9. The molecule has 4 aromatic rings. The fraction of sp³-hybridized carbons (Fsp3) is 0.303. The monoisotopic (exact) mass is 674 g/mol. The van der Waals surface area contributed by atoms with Crippen LogP contribution in [0.2, 0.25) is 0 Å². The predicted molar refractivity (Wildman–Crippen MR) is 163 cm³/mol. The van der Waals surface area contributed by atoms with Crippen LogP contribution in [0.15, 0.2) is 77.3 Å². The first-order valence-electron chi connectivity index (χ1n) is 14.1. The highest BCUT2D eigenvalue weighted by Gasteiger charge is 2.33. The van der Waals surface area contributed by atoms with Gasteiger partial charge in [-0.1, -0.05) is 71.4 Å². The number of amides is 1. The minimum Gasteiger partial charge on any atom is -0.431 e. The number of rotatable bonds is 12. The molecular formula is C33H31BrF4N2O4. The molecule has 4 rings (SSSR count). The second-order valence-electron chi connectivity index (χ2n) is 10.2. The maximum Gasteiger partial charge on any atom is 0.573 e. The van der Waals surface area contributed by atoms with E-state index in [9.17, 15) is 27.2 Å². The van der Waals surface area contributed by atoms with E-state index in [1.54, 1.807) is 26.0 Å². The molecule has 11 heteroatoms. The van der Waals surface area contributed by atoms with Gasteiger partial charge in [-0.05, 0) is 55.2 Å². The van der Waals surface area contributed by atoms with Gasteiger partial charge in [-0.25, -0.2) is 9.37 Å². The van der Waals surface area contributed by atoms with Crippen LogP contribution in [0.1, 0.15) is 60.0 Å². The Morgan fingerprint density at radius 2 is 1.70 bits per heavy atom. The zero-order valence-corrected chi connectivity index (χ0v) is 25.7. The van der Waals surface area contributed by atoms with E-state index in [-0.39, 0.29) is 31.4 Å². The first-order valence-corrected chi connectivity index (χ1v) is 14.9. The van der Waals surface area contributed by atoms with Crippen LogP contribution in [0.5, 0.6) is 5.75 Å². The molecule has 0 spiro atoms. The lowest BCUT2D eigenvalue weighted by atomic mass is 9.92. The van der Waals surface area contributed by atoms with Crippen molar-refractivity contribution in [3.05, 3.63) is 94.0 Å². The number of halogens is 5. The molecule has 6 nitrogen and oxygen atoms in total. The van der Waals surface area contributed by atoms with E-state index < -0.39 is 36.3 Å². The number of alkyl halides is 4. The fourth-order valence-electron chi connectivity index (χ4n) is 4.99. The van der Waals surface area contributed by atoms with Crippen LogP contribution >= 0.6 is 15.9 Å². The Labute approximate surface area is 260 Å². The molecule has 232 valence electrons. The lowest BCUT2D eigenvalue weighted by Crippen LogP contribution is -2.30. The molecule has 0 aliphatic heterocycles. The summed E-state index contributed by atoms with van der Waals surface area (Å²) in [6, 6.07) is 20.3. The SMILES string of the molecule is CCCC(F)OC(=O)CCC(CNC(=O)c1c(C)c(-c2ccccc2)nc2ccc(Br)cc12)c1ccccc1OC(F)(F)F. The standard InChI is InChI=1S/C33H31BrF4N2O4/c1-3-9-28(35)43-29(41)17-14-22(24-12-7-8-13-27(24)44-33(36,37)38)19-39-32(42)30-20(2)31(21-10-5-4-6-11-21)40-26-16-15-23(34)18-25(26)30/h4-8,10-13,15-16,18,22,28H,3,9,14,17,19H2,1-2H3,(H,39,42). The van der Waals surface area contributed by atoms with Crippen molar-refractivity contribution in [2.24, 2.45) is 0 Å². The topological polar surface area (TPSA) is 77.5 Å². The van der Waals surface area contributed by atoms with E-state index in [0.717, 1.165) is 10.0 Å². The van der Waals surface area contributed by atoms with Crippen molar-refractivity contribution in [2.45, 2.75) is 58.2 Å². The van der Waals surface area contributed by atoms with Crippen molar-refractivity contribution < 1.29 is 36.6 Å². The highest BCUT2D eigenvalue weighted by molar-refractivity contribution is 9.10. The Hall–Kier alpha value is -3.99. The molecule has 3 aromatic carbocycles. The largest absolute Gasteiger partial charge is 0.573 e. The summed E-state index contributed by atoms with van der Waals surface area (Å²) in [5.41, 5.74) is 3.11. The van der Waals surface area contributed by atoms with Gasteiger partial charge in [-0.2, -0.15) is 0 Å². The number of hydrogen-bond donors (Lipinski definition) is 1. The van der Waals surface area contributed by atoms with Gasteiger partial charge in [0, 0.05) is 40.7 Å². The van der Waals surface area contributed by atoms with Gasteiger partial charge in [-0.15, -0.1) is 13.2 Å². The number of nitrogens with zero attached hydrogens (tertiary/aromatic N) is 1. The molecule has 1 N–H and O–H groups in total. The molecule has 0 radical (unpaired) electrons. The summed E-state index contributed by atoms with van der Waals surface area (Å²) in [5, 5.41) is 3.44. The van der Waals surface area contributed by atoms with Gasteiger partial charge < -0.3 is 14.8 Å².